The van der Waals surface area contributed by atoms with Crippen molar-refractivity contribution >= 4 is 33.5 Å². The molecule has 1 saturated carbocycles. The number of halogens is 2. The molecule has 9 nitrogen and oxygen atoms in total. The Morgan fingerprint density at radius 3 is 2.94 bits per heavy atom. The quantitative estimate of drug-likeness (QED) is 0.341. The molecule has 0 aliphatic heterocycles. The molecule has 1 fully saturated rings. The van der Waals surface area contributed by atoms with Gasteiger partial charge in [-0.05, 0) is 42.7 Å². The Hall–Kier alpha value is -3.47. The highest BCUT2D eigenvalue weighted by atomic mass is 79.9. The fourth-order valence-electron chi connectivity index (χ4n) is 3.15. The second kappa shape index (κ2) is 7.65. The third kappa shape index (κ3) is 4.08. The number of benzene rings is 1. The molecule has 158 valence electrons. The first kappa shape index (κ1) is 19.5. The summed E-state index contributed by atoms with van der Waals surface area (Å²) in [4.78, 5) is 25.6. The largest absolute Gasteiger partial charge is 0.493 e. The van der Waals surface area contributed by atoms with Crippen LogP contribution in [0.3, 0.4) is 0 Å². The van der Waals surface area contributed by atoms with Crippen molar-refractivity contribution in [3.63, 3.8) is 0 Å². The van der Waals surface area contributed by atoms with E-state index in [4.69, 9.17) is 4.99 Å². The van der Waals surface area contributed by atoms with E-state index in [1.54, 1.807) is 28.9 Å². The number of fused-ring (bicyclic) bond motifs is 1. The van der Waals surface area contributed by atoms with Gasteiger partial charge in [-0.25, -0.2) is 14.2 Å². The molecule has 0 atom stereocenters. The van der Waals surface area contributed by atoms with Crippen molar-refractivity contribution < 1.29 is 9.50 Å². The van der Waals surface area contributed by atoms with Gasteiger partial charge in [0.2, 0.25) is 5.88 Å². The van der Waals surface area contributed by atoms with E-state index >= 15 is 0 Å². The summed E-state index contributed by atoms with van der Waals surface area (Å²) < 4.78 is 16.0. The summed E-state index contributed by atoms with van der Waals surface area (Å²) in [5, 5.41) is 18.0. The Bertz CT molecular complexity index is 1470. The molecule has 0 amide bonds. The maximum Gasteiger partial charge on any atom is 0.326 e. The van der Waals surface area contributed by atoms with Crippen molar-refractivity contribution in [2.75, 3.05) is 5.32 Å². The number of nitrogens with zero attached hydrogens (tertiary/aromatic N) is 4. The number of aromatic nitrogens is 5. The summed E-state index contributed by atoms with van der Waals surface area (Å²) >= 11 is 3.43. The summed E-state index contributed by atoms with van der Waals surface area (Å²) in [6.45, 7) is 0.351. The van der Waals surface area contributed by atoms with Crippen LogP contribution in [-0.2, 0) is 6.54 Å². The van der Waals surface area contributed by atoms with E-state index < -0.39 is 5.69 Å². The molecule has 3 heterocycles. The maximum atomic E-state index is 13.6. The van der Waals surface area contributed by atoms with Gasteiger partial charge < -0.3 is 15.4 Å². The van der Waals surface area contributed by atoms with Crippen LogP contribution in [0.4, 0.5) is 10.2 Å². The lowest BCUT2D eigenvalue weighted by Crippen LogP contribution is -2.20. The van der Waals surface area contributed by atoms with Gasteiger partial charge >= 0.3 is 5.69 Å². The first-order chi connectivity index (χ1) is 15.0. The first-order valence-electron chi connectivity index (χ1n) is 9.60. The van der Waals surface area contributed by atoms with E-state index in [1.807, 2.05) is 0 Å². The number of hydrogen-bond acceptors (Lipinski definition) is 6. The molecule has 11 heteroatoms. The minimum atomic E-state index is -0.513. The van der Waals surface area contributed by atoms with Gasteiger partial charge in [0.1, 0.15) is 17.3 Å². The Morgan fingerprint density at radius 2 is 2.19 bits per heavy atom. The van der Waals surface area contributed by atoms with Crippen LogP contribution in [0.1, 0.15) is 24.1 Å². The van der Waals surface area contributed by atoms with Crippen LogP contribution in [0.5, 0.6) is 5.88 Å². The van der Waals surface area contributed by atoms with Gasteiger partial charge in [0.25, 0.3) is 0 Å². The van der Waals surface area contributed by atoms with E-state index in [0.717, 1.165) is 22.9 Å². The van der Waals surface area contributed by atoms with Crippen molar-refractivity contribution in [1.82, 2.24) is 24.6 Å². The minimum absolute atomic E-state index is 0.226. The third-order valence-electron chi connectivity index (χ3n) is 4.84. The van der Waals surface area contributed by atoms with E-state index in [2.05, 4.69) is 41.3 Å². The highest BCUT2D eigenvalue weighted by Gasteiger charge is 2.20. The van der Waals surface area contributed by atoms with E-state index in [0.29, 0.717) is 28.7 Å². The monoisotopic (exact) mass is 485 g/mol. The molecular formula is C20H17BrFN7O2. The Morgan fingerprint density at radius 1 is 1.35 bits per heavy atom. The lowest BCUT2D eigenvalue weighted by molar-refractivity contribution is 0.454. The van der Waals surface area contributed by atoms with Gasteiger partial charge in [0.15, 0.2) is 11.1 Å². The summed E-state index contributed by atoms with van der Waals surface area (Å²) in [6.07, 6.45) is 5.23. The Balaban J connectivity index is 1.59. The van der Waals surface area contributed by atoms with Crippen LogP contribution in [0.25, 0.3) is 11.7 Å². The van der Waals surface area contributed by atoms with Gasteiger partial charge in [-0.15, -0.1) is 0 Å². The van der Waals surface area contributed by atoms with Gasteiger partial charge in [-0.3, -0.25) is 9.98 Å². The molecule has 3 aromatic heterocycles. The summed E-state index contributed by atoms with van der Waals surface area (Å²) in [5.41, 5.74) is 1.60. The predicted molar refractivity (Wildman–Crippen MR) is 115 cm³/mol. The average molecular weight is 486 g/mol. The number of H-pyrrole nitrogens is 2. The molecule has 0 spiro atoms. The zero-order valence-corrected chi connectivity index (χ0v) is 17.6. The van der Waals surface area contributed by atoms with Crippen molar-refractivity contribution in [2.45, 2.75) is 25.4 Å². The van der Waals surface area contributed by atoms with Crippen molar-refractivity contribution in [2.24, 2.45) is 4.99 Å². The topological polar surface area (TPSA) is 123 Å². The molecular weight excluding hydrogens is 469 g/mol. The summed E-state index contributed by atoms with van der Waals surface area (Å²) in [7, 11) is 0. The van der Waals surface area contributed by atoms with Crippen molar-refractivity contribution in [3.05, 3.63) is 73.2 Å². The molecule has 0 bridgehead atoms. The highest BCUT2D eigenvalue weighted by Crippen LogP contribution is 2.23. The lowest BCUT2D eigenvalue weighted by Gasteiger charge is -2.08. The smallest absolute Gasteiger partial charge is 0.326 e. The van der Waals surface area contributed by atoms with E-state index in [-0.39, 0.29) is 23.4 Å². The number of anilines is 1. The van der Waals surface area contributed by atoms with Crippen LogP contribution in [0.15, 0.2) is 44.7 Å². The van der Waals surface area contributed by atoms with E-state index in [9.17, 15) is 14.3 Å². The fraction of sp³-hybridized carbons (Fsp3) is 0.200. The molecule has 4 aromatic rings. The number of imidazole rings is 1. The molecule has 1 aromatic carbocycles. The van der Waals surface area contributed by atoms with E-state index in [1.165, 1.54) is 12.1 Å². The molecule has 0 radical (unpaired) electrons. The van der Waals surface area contributed by atoms with Crippen LogP contribution < -0.4 is 21.7 Å². The number of hydrogen-bond donors (Lipinski definition) is 4. The number of rotatable bonds is 5. The second-order valence-electron chi connectivity index (χ2n) is 7.27. The Labute approximate surface area is 182 Å². The predicted octanol–water partition coefficient (Wildman–Crippen LogP) is 1.58. The normalized spacial score (nSPS) is 15.2. The summed E-state index contributed by atoms with van der Waals surface area (Å²) in [5.74, 6) is -0.0386. The molecule has 1 aliphatic rings. The third-order valence-corrected chi connectivity index (χ3v) is 5.62. The zero-order chi connectivity index (χ0) is 21.5. The summed E-state index contributed by atoms with van der Waals surface area (Å²) in [6, 6.07) is 6.56. The minimum Gasteiger partial charge on any atom is -0.493 e. The average Bonchev–Trinajstić information content (AvgIpc) is 3.37. The molecule has 31 heavy (non-hydrogen) atoms. The molecule has 0 unspecified atom stereocenters. The lowest BCUT2D eigenvalue weighted by atomic mass is 10.2. The highest BCUT2D eigenvalue weighted by molar-refractivity contribution is 9.10. The Kier molecular flexibility index (Phi) is 4.81. The van der Waals surface area contributed by atoms with Crippen LogP contribution in [0, 0.1) is 5.82 Å². The zero-order valence-electron chi connectivity index (χ0n) is 16.1. The van der Waals surface area contributed by atoms with Gasteiger partial charge in [0, 0.05) is 22.3 Å². The van der Waals surface area contributed by atoms with Gasteiger partial charge in [-0.2, -0.15) is 9.61 Å². The molecule has 5 rings (SSSR count). The number of aromatic amines is 2. The number of nitrogens with one attached hydrogen (secondary N) is 3. The van der Waals surface area contributed by atoms with Crippen LogP contribution in [-0.4, -0.2) is 35.7 Å². The fourth-order valence-corrected chi connectivity index (χ4v) is 3.54. The van der Waals surface area contributed by atoms with Gasteiger partial charge in [-0.1, -0.05) is 15.9 Å². The molecule has 1 aliphatic carbocycles. The standard InChI is InChI=1S/C20H17BrFN7O2/c21-14-4-1-12(22)5-10(14)8-23-16-7-17(25-13-2-3-13)29-18(27-16)11(9-24-29)6-15-19(30)28-20(31)26-15/h1,4-7,9,13,23,30H,2-3,8H2,(H2,26,28,31). The van der Waals surface area contributed by atoms with Crippen LogP contribution in [0.2, 0.25) is 0 Å². The van der Waals surface area contributed by atoms with Gasteiger partial charge in [0.05, 0.1) is 12.2 Å². The number of aromatic hydroxyl groups is 1. The van der Waals surface area contributed by atoms with Crippen molar-refractivity contribution in [1.29, 1.82) is 0 Å². The molecule has 0 saturated heterocycles. The first-order valence-corrected chi connectivity index (χ1v) is 10.4. The van der Waals surface area contributed by atoms with Crippen LogP contribution >= 0.6 is 15.9 Å². The molecule has 4 N–H and O–H groups in total. The van der Waals surface area contributed by atoms with Crippen molar-refractivity contribution in [3.8, 4) is 5.88 Å². The SMILES string of the molecule is O=c1[nH]c(O)c(C=c2cnn3c(=NC4CC4)cc(NCc4cc(F)ccc4Br)nc23)[nH]1. The second-order valence-corrected chi connectivity index (χ2v) is 8.12. The maximum absolute atomic E-state index is 13.6.